The van der Waals surface area contributed by atoms with Crippen molar-refractivity contribution in [3.05, 3.63) is 40.4 Å². The average molecular weight is 308 g/mol. The Morgan fingerprint density at radius 2 is 2.05 bits per heavy atom. The molecule has 0 bridgehead atoms. The predicted octanol–water partition coefficient (Wildman–Crippen LogP) is 1.91. The number of rotatable bonds is 4. The first-order valence-corrected chi connectivity index (χ1v) is 7.21. The summed E-state index contributed by atoms with van der Waals surface area (Å²) in [6.45, 7) is 3.79. The van der Waals surface area contributed by atoms with Gasteiger partial charge in [0.1, 0.15) is 5.82 Å². The highest BCUT2D eigenvalue weighted by Crippen LogP contribution is 2.19. The number of halogens is 1. The summed E-state index contributed by atoms with van der Waals surface area (Å²) in [5.41, 5.74) is -0.288. The number of fused-ring (bicyclic) bond motifs is 1. The van der Waals surface area contributed by atoms with Crippen molar-refractivity contribution in [2.24, 2.45) is 5.41 Å². The minimum Gasteiger partial charge on any atom is -0.359 e. The monoisotopic (exact) mass is 307 g/mol. The number of aromatic nitrogens is 2. The van der Waals surface area contributed by atoms with Crippen LogP contribution in [0.5, 0.6) is 0 Å². The van der Waals surface area contributed by atoms with Gasteiger partial charge in [-0.2, -0.15) is 0 Å². The van der Waals surface area contributed by atoms with Gasteiger partial charge >= 0.3 is 0 Å². The maximum atomic E-state index is 12.6. The Morgan fingerprint density at radius 3 is 2.67 bits per heavy atom. The highest BCUT2D eigenvalue weighted by Gasteiger charge is 2.29. The van der Waals surface area contributed by atoms with Crippen molar-refractivity contribution in [1.29, 1.82) is 0 Å². The maximum Gasteiger partial charge on any atom is 0.261 e. The molecule has 1 aromatic carbocycles. The van der Waals surface area contributed by atoms with Gasteiger partial charge < -0.3 is 5.32 Å². The first-order chi connectivity index (χ1) is 9.90. The second-order valence-electron chi connectivity index (χ2n) is 5.53. The van der Waals surface area contributed by atoms with Gasteiger partial charge in [0.25, 0.3) is 5.56 Å². The van der Waals surface area contributed by atoms with Gasteiger partial charge in [0.05, 0.1) is 22.2 Å². The molecule has 0 radical (unpaired) electrons. The molecular formula is C15H18ClN3O2. The standard InChI is InChI=1S/C15H18ClN3O2/c1-15(2,14(21)17-3)9-19-12(8-16)18-11-7-5-4-6-10(11)13(19)20/h4-7H,8-9H2,1-3H3,(H,17,21). The van der Waals surface area contributed by atoms with E-state index in [1.165, 1.54) is 4.57 Å². The lowest BCUT2D eigenvalue weighted by Crippen LogP contribution is -2.41. The fourth-order valence-corrected chi connectivity index (χ4v) is 2.49. The van der Waals surface area contributed by atoms with Gasteiger partial charge in [0.15, 0.2) is 0 Å². The van der Waals surface area contributed by atoms with Crippen LogP contribution in [0.25, 0.3) is 10.9 Å². The number of benzene rings is 1. The quantitative estimate of drug-likeness (QED) is 0.878. The number of amides is 1. The molecule has 0 saturated carbocycles. The molecule has 1 amide bonds. The Labute approximate surface area is 127 Å². The van der Waals surface area contributed by atoms with E-state index in [-0.39, 0.29) is 23.9 Å². The van der Waals surface area contributed by atoms with E-state index in [0.717, 1.165) is 0 Å². The van der Waals surface area contributed by atoms with Crippen LogP contribution in [0.4, 0.5) is 0 Å². The van der Waals surface area contributed by atoms with E-state index in [9.17, 15) is 9.59 Å². The summed E-state index contributed by atoms with van der Waals surface area (Å²) in [7, 11) is 1.58. The molecule has 0 unspecified atom stereocenters. The third kappa shape index (κ3) is 2.93. The second kappa shape index (κ2) is 5.85. The molecular weight excluding hydrogens is 290 g/mol. The van der Waals surface area contributed by atoms with Crippen molar-refractivity contribution in [1.82, 2.24) is 14.9 Å². The summed E-state index contributed by atoms with van der Waals surface area (Å²) >= 11 is 5.92. The maximum absolute atomic E-state index is 12.6. The summed E-state index contributed by atoms with van der Waals surface area (Å²) in [4.78, 5) is 29.0. The molecule has 21 heavy (non-hydrogen) atoms. The lowest BCUT2D eigenvalue weighted by atomic mass is 9.92. The van der Waals surface area contributed by atoms with Gasteiger partial charge in [0.2, 0.25) is 5.91 Å². The van der Waals surface area contributed by atoms with Crippen molar-refractivity contribution in [2.45, 2.75) is 26.3 Å². The Balaban J connectivity index is 2.60. The van der Waals surface area contributed by atoms with Gasteiger partial charge in [-0.15, -0.1) is 11.6 Å². The third-order valence-corrected chi connectivity index (χ3v) is 3.69. The van der Waals surface area contributed by atoms with E-state index < -0.39 is 5.41 Å². The van der Waals surface area contributed by atoms with Crippen molar-refractivity contribution < 1.29 is 4.79 Å². The van der Waals surface area contributed by atoms with E-state index in [2.05, 4.69) is 10.3 Å². The van der Waals surface area contributed by atoms with Crippen LogP contribution in [0.3, 0.4) is 0 Å². The van der Waals surface area contributed by atoms with Gasteiger partial charge in [0, 0.05) is 13.6 Å². The molecule has 2 rings (SSSR count). The smallest absolute Gasteiger partial charge is 0.261 e. The highest BCUT2D eigenvalue weighted by atomic mass is 35.5. The van der Waals surface area contributed by atoms with Crippen LogP contribution in [-0.4, -0.2) is 22.5 Å². The Kier molecular flexibility index (Phi) is 4.32. The minimum absolute atomic E-state index is 0.115. The van der Waals surface area contributed by atoms with Crippen LogP contribution in [0, 0.1) is 5.41 Å². The SMILES string of the molecule is CNC(=O)C(C)(C)Cn1c(CCl)nc2ccccc2c1=O. The summed E-state index contributed by atoms with van der Waals surface area (Å²) in [5.74, 6) is 0.449. The van der Waals surface area contributed by atoms with E-state index in [1.807, 2.05) is 6.07 Å². The number of carbonyl (C=O) groups is 1. The van der Waals surface area contributed by atoms with Crippen LogP contribution in [0.2, 0.25) is 0 Å². The third-order valence-electron chi connectivity index (χ3n) is 3.46. The average Bonchev–Trinajstić information content (AvgIpc) is 2.48. The molecule has 0 atom stereocenters. The van der Waals surface area contributed by atoms with Crippen molar-refractivity contribution in [3.8, 4) is 0 Å². The number of para-hydroxylation sites is 1. The first kappa shape index (κ1) is 15.5. The van der Waals surface area contributed by atoms with Gasteiger partial charge in [-0.3, -0.25) is 14.2 Å². The molecule has 0 aliphatic rings. The number of carbonyl (C=O) groups excluding carboxylic acids is 1. The highest BCUT2D eigenvalue weighted by molar-refractivity contribution is 6.16. The van der Waals surface area contributed by atoms with Gasteiger partial charge in [-0.1, -0.05) is 12.1 Å². The number of hydrogen-bond acceptors (Lipinski definition) is 3. The second-order valence-corrected chi connectivity index (χ2v) is 5.80. The zero-order valence-corrected chi connectivity index (χ0v) is 13.1. The van der Waals surface area contributed by atoms with E-state index in [1.54, 1.807) is 39.1 Å². The molecule has 6 heteroatoms. The van der Waals surface area contributed by atoms with Crippen LogP contribution in [-0.2, 0) is 17.2 Å². The molecule has 1 heterocycles. The van der Waals surface area contributed by atoms with Crippen molar-refractivity contribution >= 4 is 28.4 Å². The zero-order valence-electron chi connectivity index (χ0n) is 12.3. The Morgan fingerprint density at radius 1 is 1.38 bits per heavy atom. The molecule has 112 valence electrons. The molecule has 0 spiro atoms. The number of hydrogen-bond donors (Lipinski definition) is 1. The molecule has 0 aliphatic heterocycles. The molecule has 1 aromatic heterocycles. The van der Waals surface area contributed by atoms with E-state index in [4.69, 9.17) is 11.6 Å². The Bertz CT molecular complexity index is 737. The molecule has 2 aromatic rings. The van der Waals surface area contributed by atoms with Gasteiger partial charge in [-0.25, -0.2) is 4.98 Å². The van der Waals surface area contributed by atoms with E-state index >= 15 is 0 Å². The molecule has 0 fully saturated rings. The zero-order chi connectivity index (χ0) is 15.6. The molecule has 0 saturated heterocycles. The van der Waals surface area contributed by atoms with Crippen LogP contribution in [0.1, 0.15) is 19.7 Å². The number of nitrogens with one attached hydrogen (secondary N) is 1. The summed E-state index contributed by atoms with van der Waals surface area (Å²) in [6.07, 6.45) is 0. The number of alkyl halides is 1. The van der Waals surface area contributed by atoms with Crippen molar-refractivity contribution in [3.63, 3.8) is 0 Å². The fourth-order valence-electron chi connectivity index (χ4n) is 2.28. The minimum atomic E-state index is -0.733. The molecule has 0 aliphatic carbocycles. The first-order valence-electron chi connectivity index (χ1n) is 6.67. The lowest BCUT2D eigenvalue weighted by Gasteiger charge is -2.24. The molecule has 1 N–H and O–H groups in total. The summed E-state index contributed by atoms with van der Waals surface area (Å²) in [6, 6.07) is 7.12. The topological polar surface area (TPSA) is 64.0 Å². The Hall–Kier alpha value is -1.88. The predicted molar refractivity (Wildman–Crippen MR) is 83.4 cm³/mol. The molecule has 5 nitrogen and oxygen atoms in total. The number of nitrogens with zero attached hydrogens (tertiary/aromatic N) is 2. The summed E-state index contributed by atoms with van der Waals surface area (Å²) in [5, 5.41) is 3.14. The fraction of sp³-hybridized carbons (Fsp3) is 0.400. The largest absolute Gasteiger partial charge is 0.359 e. The van der Waals surface area contributed by atoms with Crippen LogP contribution < -0.4 is 10.9 Å². The van der Waals surface area contributed by atoms with Crippen molar-refractivity contribution in [2.75, 3.05) is 7.05 Å². The normalized spacial score (nSPS) is 11.6. The van der Waals surface area contributed by atoms with Crippen LogP contribution in [0.15, 0.2) is 29.1 Å². The lowest BCUT2D eigenvalue weighted by molar-refractivity contribution is -0.129. The van der Waals surface area contributed by atoms with E-state index in [0.29, 0.717) is 16.7 Å². The van der Waals surface area contributed by atoms with Gasteiger partial charge in [-0.05, 0) is 26.0 Å². The summed E-state index contributed by atoms with van der Waals surface area (Å²) < 4.78 is 1.49. The van der Waals surface area contributed by atoms with Crippen LogP contribution >= 0.6 is 11.6 Å².